The summed E-state index contributed by atoms with van der Waals surface area (Å²) in [4.78, 5) is 21.5. The number of hydrogen-bond acceptors (Lipinski definition) is 5. The second kappa shape index (κ2) is 8.59. The number of hydrogen-bond donors (Lipinski definition) is 1. The summed E-state index contributed by atoms with van der Waals surface area (Å²) in [6.07, 6.45) is 0. The molecule has 0 aliphatic carbocycles. The number of anilines is 2. The smallest absolute Gasteiger partial charge is 0.275 e. The first-order valence-corrected chi connectivity index (χ1v) is 9.50. The van der Waals surface area contributed by atoms with Crippen LogP contribution in [0.2, 0.25) is 5.02 Å². The number of aryl methyl sites for hydroxylation is 1. The maximum absolute atomic E-state index is 12.6. The van der Waals surface area contributed by atoms with Gasteiger partial charge in [0.25, 0.3) is 5.91 Å². The zero-order chi connectivity index (χ0) is 19.4. The van der Waals surface area contributed by atoms with Crippen molar-refractivity contribution in [2.24, 2.45) is 0 Å². The van der Waals surface area contributed by atoms with E-state index in [4.69, 9.17) is 16.3 Å². The number of nitrogens with one attached hydrogen (secondary N) is 1. The lowest BCUT2D eigenvalue weighted by atomic mass is 10.1. The number of amides is 1. The average Bonchev–Trinajstić information content (AvgIpc) is 2.64. The number of nitrogens with zero attached hydrogens (tertiary/aromatic N) is 3. The van der Waals surface area contributed by atoms with Crippen LogP contribution in [0.1, 0.15) is 23.0 Å². The molecule has 7 heteroatoms. The molecule has 1 aliphatic rings. The summed E-state index contributed by atoms with van der Waals surface area (Å²) in [6, 6.07) is 9.22. The van der Waals surface area contributed by atoms with Crippen LogP contribution in [0.5, 0.6) is 5.88 Å². The molecule has 144 valence electrons. The van der Waals surface area contributed by atoms with E-state index in [9.17, 15) is 4.79 Å². The number of piperazine rings is 1. The number of benzene rings is 1. The SMILES string of the molecule is CCOc1ccc(Cl)c(C(=O)Nc2ccc(N3CCN(C)CC3)c(C)c2)n1. The summed E-state index contributed by atoms with van der Waals surface area (Å²) in [5.74, 6) is 0.0296. The molecular formula is C20H25ClN4O2. The highest BCUT2D eigenvalue weighted by Crippen LogP contribution is 2.26. The first-order valence-electron chi connectivity index (χ1n) is 9.12. The lowest BCUT2D eigenvalue weighted by Gasteiger charge is -2.35. The van der Waals surface area contributed by atoms with Crippen molar-refractivity contribution < 1.29 is 9.53 Å². The Balaban J connectivity index is 1.73. The second-order valence-corrected chi connectivity index (χ2v) is 7.07. The van der Waals surface area contributed by atoms with Gasteiger partial charge in [0.2, 0.25) is 5.88 Å². The standard InChI is InChI=1S/C20H25ClN4O2/c1-4-27-18-8-6-16(21)19(23-18)20(26)22-15-5-7-17(14(2)13-15)25-11-9-24(3)10-12-25/h5-8,13H,4,9-12H2,1-3H3,(H,22,26). The van der Waals surface area contributed by atoms with Crippen LogP contribution in [0.4, 0.5) is 11.4 Å². The van der Waals surface area contributed by atoms with E-state index in [1.54, 1.807) is 12.1 Å². The van der Waals surface area contributed by atoms with Crippen molar-refractivity contribution in [3.63, 3.8) is 0 Å². The van der Waals surface area contributed by atoms with Crippen LogP contribution in [-0.2, 0) is 0 Å². The number of aromatic nitrogens is 1. The molecule has 3 rings (SSSR count). The number of likely N-dealkylation sites (N-methyl/N-ethyl adjacent to an activating group) is 1. The van der Waals surface area contributed by atoms with Gasteiger partial charge in [-0.1, -0.05) is 11.6 Å². The summed E-state index contributed by atoms with van der Waals surface area (Å²) in [5, 5.41) is 3.17. The van der Waals surface area contributed by atoms with Gasteiger partial charge in [0, 0.05) is 43.6 Å². The maximum atomic E-state index is 12.6. The number of halogens is 1. The van der Waals surface area contributed by atoms with Gasteiger partial charge in [-0.2, -0.15) is 0 Å². The fraction of sp³-hybridized carbons (Fsp3) is 0.400. The third kappa shape index (κ3) is 4.70. The normalized spacial score (nSPS) is 14.9. The van der Waals surface area contributed by atoms with Gasteiger partial charge < -0.3 is 19.9 Å². The minimum atomic E-state index is -0.353. The van der Waals surface area contributed by atoms with Crippen LogP contribution in [0.3, 0.4) is 0 Å². The Morgan fingerprint density at radius 3 is 2.63 bits per heavy atom. The van der Waals surface area contributed by atoms with Crippen LogP contribution in [0, 0.1) is 6.92 Å². The highest BCUT2D eigenvalue weighted by molar-refractivity contribution is 6.34. The minimum absolute atomic E-state index is 0.156. The van der Waals surface area contributed by atoms with Crippen molar-refractivity contribution in [2.45, 2.75) is 13.8 Å². The van der Waals surface area contributed by atoms with E-state index < -0.39 is 0 Å². The number of rotatable bonds is 5. The highest BCUT2D eigenvalue weighted by atomic mass is 35.5. The van der Waals surface area contributed by atoms with E-state index in [1.807, 2.05) is 19.1 Å². The Hall–Kier alpha value is -2.31. The summed E-state index contributed by atoms with van der Waals surface area (Å²) < 4.78 is 5.35. The first kappa shape index (κ1) is 19.5. The van der Waals surface area contributed by atoms with Gasteiger partial charge in [0.05, 0.1) is 11.6 Å². The predicted octanol–water partition coefficient (Wildman–Crippen LogP) is 3.45. The molecule has 0 unspecified atom stereocenters. The molecule has 0 spiro atoms. The van der Waals surface area contributed by atoms with Gasteiger partial charge in [-0.15, -0.1) is 0 Å². The maximum Gasteiger partial charge on any atom is 0.275 e. The van der Waals surface area contributed by atoms with Crippen LogP contribution in [0.25, 0.3) is 0 Å². The summed E-state index contributed by atoms with van der Waals surface area (Å²) in [5.41, 5.74) is 3.20. The molecule has 1 N–H and O–H groups in total. The molecule has 27 heavy (non-hydrogen) atoms. The second-order valence-electron chi connectivity index (χ2n) is 6.66. The quantitative estimate of drug-likeness (QED) is 0.850. The van der Waals surface area contributed by atoms with Gasteiger partial charge in [-0.3, -0.25) is 4.79 Å². The molecule has 1 saturated heterocycles. The molecule has 1 aromatic carbocycles. The average molecular weight is 389 g/mol. The first-order chi connectivity index (χ1) is 13.0. The molecule has 0 bridgehead atoms. The monoisotopic (exact) mass is 388 g/mol. The Morgan fingerprint density at radius 1 is 1.22 bits per heavy atom. The Bertz CT molecular complexity index is 820. The Morgan fingerprint density at radius 2 is 1.96 bits per heavy atom. The zero-order valence-electron chi connectivity index (χ0n) is 16.0. The van der Waals surface area contributed by atoms with Gasteiger partial charge in [0.1, 0.15) is 0 Å². The third-order valence-corrected chi connectivity index (χ3v) is 4.93. The van der Waals surface area contributed by atoms with Crippen molar-refractivity contribution in [2.75, 3.05) is 50.1 Å². The van der Waals surface area contributed by atoms with Crippen molar-refractivity contribution in [1.29, 1.82) is 0 Å². The minimum Gasteiger partial charge on any atom is -0.478 e. The summed E-state index contributed by atoms with van der Waals surface area (Å²) >= 11 is 6.14. The van der Waals surface area contributed by atoms with Crippen LogP contribution < -0.4 is 15.0 Å². The van der Waals surface area contributed by atoms with Crippen LogP contribution >= 0.6 is 11.6 Å². The van der Waals surface area contributed by atoms with E-state index >= 15 is 0 Å². The molecule has 6 nitrogen and oxygen atoms in total. The Labute approximate surface area is 165 Å². The van der Waals surface area contributed by atoms with Crippen molar-refractivity contribution in [3.05, 3.63) is 46.6 Å². The van der Waals surface area contributed by atoms with Gasteiger partial charge >= 0.3 is 0 Å². The van der Waals surface area contributed by atoms with Crippen molar-refractivity contribution in [1.82, 2.24) is 9.88 Å². The van der Waals surface area contributed by atoms with Gasteiger partial charge in [-0.25, -0.2) is 4.98 Å². The molecular weight excluding hydrogens is 364 g/mol. The lowest BCUT2D eigenvalue weighted by Crippen LogP contribution is -2.44. The van der Waals surface area contributed by atoms with E-state index in [0.29, 0.717) is 17.5 Å². The fourth-order valence-electron chi connectivity index (χ4n) is 3.14. The van der Waals surface area contributed by atoms with E-state index in [-0.39, 0.29) is 11.6 Å². The molecule has 1 aliphatic heterocycles. The molecule has 2 aromatic rings. The van der Waals surface area contributed by atoms with Crippen molar-refractivity contribution in [3.8, 4) is 5.88 Å². The summed E-state index contributed by atoms with van der Waals surface area (Å²) in [6.45, 7) is 8.52. The van der Waals surface area contributed by atoms with Crippen LogP contribution in [-0.4, -0.2) is 55.6 Å². The number of ether oxygens (including phenoxy) is 1. The molecule has 0 saturated carbocycles. The van der Waals surface area contributed by atoms with E-state index in [0.717, 1.165) is 37.4 Å². The van der Waals surface area contributed by atoms with Gasteiger partial charge in [-0.05, 0) is 50.7 Å². The largest absolute Gasteiger partial charge is 0.478 e. The lowest BCUT2D eigenvalue weighted by molar-refractivity contribution is 0.102. The topological polar surface area (TPSA) is 57.7 Å². The third-order valence-electron chi connectivity index (χ3n) is 4.63. The van der Waals surface area contributed by atoms with E-state index in [1.165, 1.54) is 5.69 Å². The van der Waals surface area contributed by atoms with E-state index in [2.05, 4.69) is 40.1 Å². The highest BCUT2D eigenvalue weighted by Gasteiger charge is 2.17. The zero-order valence-corrected chi connectivity index (χ0v) is 16.7. The number of carbonyl (C=O) groups excluding carboxylic acids is 1. The number of pyridine rings is 1. The molecule has 0 atom stereocenters. The Kier molecular flexibility index (Phi) is 6.19. The number of carbonyl (C=O) groups is 1. The molecule has 1 amide bonds. The molecule has 2 heterocycles. The van der Waals surface area contributed by atoms with Crippen LogP contribution in [0.15, 0.2) is 30.3 Å². The van der Waals surface area contributed by atoms with Gasteiger partial charge in [0.15, 0.2) is 5.69 Å². The molecule has 1 fully saturated rings. The summed E-state index contributed by atoms with van der Waals surface area (Å²) in [7, 11) is 2.14. The molecule has 1 aromatic heterocycles. The molecule has 0 radical (unpaired) electrons. The van der Waals surface area contributed by atoms with Crippen molar-refractivity contribution >= 4 is 28.9 Å². The fourth-order valence-corrected chi connectivity index (χ4v) is 3.33. The predicted molar refractivity (Wildman–Crippen MR) is 109 cm³/mol.